The number of nitrogens with zero attached hydrogens (tertiary/aromatic N) is 1. The second kappa shape index (κ2) is 6.39. The zero-order valence-corrected chi connectivity index (χ0v) is 11.6. The Labute approximate surface area is 121 Å². The zero-order valence-electron chi connectivity index (χ0n) is 10.8. The van der Waals surface area contributed by atoms with E-state index in [1.165, 1.54) is 6.07 Å². The number of benzene rings is 2. The Bertz CT molecular complexity index is 626. The standard InChI is InChI=1S/C15H13ClFNO2/c1-10(18-19)11-5-7-13(8-6-11)20-9-12-3-2-4-14(17)15(12)16/h2-8,19H,9H2,1H3/b18-10-. The molecule has 104 valence electrons. The third-order valence-corrected chi connectivity index (χ3v) is 3.27. The van der Waals surface area contributed by atoms with Gasteiger partial charge in [-0.1, -0.05) is 28.9 Å². The molecule has 0 radical (unpaired) electrons. The van der Waals surface area contributed by atoms with Crippen molar-refractivity contribution in [2.75, 3.05) is 0 Å². The van der Waals surface area contributed by atoms with Gasteiger partial charge in [0.15, 0.2) is 0 Å². The summed E-state index contributed by atoms with van der Waals surface area (Å²) < 4.78 is 18.8. The Hall–Kier alpha value is -2.07. The van der Waals surface area contributed by atoms with Gasteiger partial charge < -0.3 is 9.94 Å². The fourth-order valence-electron chi connectivity index (χ4n) is 1.67. The molecular weight excluding hydrogens is 281 g/mol. The van der Waals surface area contributed by atoms with Crippen LogP contribution in [0.1, 0.15) is 18.1 Å². The smallest absolute Gasteiger partial charge is 0.142 e. The van der Waals surface area contributed by atoms with Gasteiger partial charge in [-0.15, -0.1) is 0 Å². The fourth-order valence-corrected chi connectivity index (χ4v) is 1.85. The lowest BCUT2D eigenvalue weighted by atomic mass is 10.1. The van der Waals surface area contributed by atoms with Crippen molar-refractivity contribution < 1.29 is 14.3 Å². The Kier molecular flexibility index (Phi) is 4.58. The number of halogens is 2. The molecule has 2 aromatic rings. The molecule has 0 amide bonds. The van der Waals surface area contributed by atoms with Crippen LogP contribution in [0, 0.1) is 5.82 Å². The average Bonchev–Trinajstić information content (AvgIpc) is 2.48. The molecule has 20 heavy (non-hydrogen) atoms. The summed E-state index contributed by atoms with van der Waals surface area (Å²) in [5, 5.41) is 11.9. The Morgan fingerprint density at radius 3 is 2.60 bits per heavy atom. The third-order valence-electron chi connectivity index (χ3n) is 2.85. The van der Waals surface area contributed by atoms with Crippen molar-refractivity contribution in [3.05, 3.63) is 64.4 Å². The molecule has 0 saturated heterocycles. The minimum Gasteiger partial charge on any atom is -0.489 e. The lowest BCUT2D eigenvalue weighted by Crippen LogP contribution is -1.98. The van der Waals surface area contributed by atoms with Gasteiger partial charge >= 0.3 is 0 Å². The van der Waals surface area contributed by atoms with Gasteiger partial charge in [0.05, 0.1) is 10.7 Å². The van der Waals surface area contributed by atoms with Crippen LogP contribution in [-0.4, -0.2) is 10.9 Å². The fraction of sp³-hybridized carbons (Fsp3) is 0.133. The minimum absolute atomic E-state index is 0.0763. The molecule has 0 aromatic heterocycles. The summed E-state index contributed by atoms with van der Waals surface area (Å²) in [5.41, 5.74) is 1.90. The molecule has 0 unspecified atom stereocenters. The van der Waals surface area contributed by atoms with E-state index in [-0.39, 0.29) is 11.6 Å². The summed E-state index contributed by atoms with van der Waals surface area (Å²) in [6, 6.07) is 11.6. The minimum atomic E-state index is -0.460. The van der Waals surface area contributed by atoms with Gasteiger partial charge in [0.25, 0.3) is 0 Å². The van der Waals surface area contributed by atoms with Crippen molar-refractivity contribution in [3.8, 4) is 5.75 Å². The first kappa shape index (κ1) is 14.3. The predicted molar refractivity (Wildman–Crippen MR) is 76.2 cm³/mol. The molecule has 0 fully saturated rings. The predicted octanol–water partition coefficient (Wildman–Crippen LogP) is 4.26. The Morgan fingerprint density at radius 2 is 1.95 bits per heavy atom. The van der Waals surface area contributed by atoms with Gasteiger partial charge in [-0.3, -0.25) is 0 Å². The molecule has 2 aromatic carbocycles. The van der Waals surface area contributed by atoms with Crippen LogP contribution in [0.4, 0.5) is 4.39 Å². The Morgan fingerprint density at radius 1 is 1.25 bits per heavy atom. The molecule has 2 rings (SSSR count). The molecule has 0 aliphatic rings. The van der Waals surface area contributed by atoms with Gasteiger partial charge in [-0.2, -0.15) is 0 Å². The highest BCUT2D eigenvalue weighted by atomic mass is 35.5. The number of hydrogen-bond donors (Lipinski definition) is 1. The van der Waals surface area contributed by atoms with Crippen LogP contribution in [-0.2, 0) is 6.61 Å². The second-order valence-electron chi connectivity index (χ2n) is 4.21. The number of rotatable bonds is 4. The molecule has 0 saturated carbocycles. The SMILES string of the molecule is C/C(=N/O)c1ccc(OCc2cccc(F)c2Cl)cc1. The molecule has 1 N–H and O–H groups in total. The summed E-state index contributed by atoms with van der Waals surface area (Å²) in [6.07, 6.45) is 0. The first-order valence-corrected chi connectivity index (χ1v) is 6.34. The highest BCUT2D eigenvalue weighted by Crippen LogP contribution is 2.22. The van der Waals surface area contributed by atoms with Gasteiger partial charge in [0, 0.05) is 5.56 Å². The van der Waals surface area contributed by atoms with Crippen molar-refractivity contribution in [1.29, 1.82) is 0 Å². The van der Waals surface area contributed by atoms with E-state index >= 15 is 0 Å². The highest BCUT2D eigenvalue weighted by molar-refractivity contribution is 6.31. The number of ether oxygens (including phenoxy) is 1. The van der Waals surface area contributed by atoms with Crippen LogP contribution in [0.3, 0.4) is 0 Å². The van der Waals surface area contributed by atoms with Crippen molar-refractivity contribution >= 4 is 17.3 Å². The van der Waals surface area contributed by atoms with Crippen LogP contribution in [0.15, 0.2) is 47.6 Å². The first-order valence-electron chi connectivity index (χ1n) is 5.96. The summed E-state index contributed by atoms with van der Waals surface area (Å²) in [5.74, 6) is 0.165. The second-order valence-corrected chi connectivity index (χ2v) is 4.59. The van der Waals surface area contributed by atoms with Crippen LogP contribution in [0.25, 0.3) is 0 Å². The van der Waals surface area contributed by atoms with Crippen LogP contribution in [0.5, 0.6) is 5.75 Å². The highest BCUT2D eigenvalue weighted by Gasteiger charge is 2.06. The summed E-state index contributed by atoms with van der Waals surface area (Å²) >= 11 is 5.85. The molecule has 0 bridgehead atoms. The van der Waals surface area contributed by atoms with Gasteiger partial charge in [0.1, 0.15) is 18.2 Å². The van der Waals surface area contributed by atoms with Crippen LogP contribution < -0.4 is 4.74 Å². The molecule has 0 atom stereocenters. The van der Waals surface area contributed by atoms with E-state index in [9.17, 15) is 4.39 Å². The van der Waals surface area contributed by atoms with E-state index in [1.807, 2.05) is 0 Å². The van der Waals surface area contributed by atoms with E-state index in [0.717, 1.165) is 5.56 Å². The van der Waals surface area contributed by atoms with E-state index in [2.05, 4.69) is 5.16 Å². The normalized spacial score (nSPS) is 11.4. The van der Waals surface area contributed by atoms with Crippen LogP contribution in [0.2, 0.25) is 5.02 Å². The molecule has 0 aliphatic carbocycles. The topological polar surface area (TPSA) is 41.8 Å². The van der Waals surface area contributed by atoms with E-state index in [4.69, 9.17) is 21.5 Å². The lowest BCUT2D eigenvalue weighted by molar-refractivity contribution is 0.305. The summed E-state index contributed by atoms with van der Waals surface area (Å²) in [7, 11) is 0. The lowest BCUT2D eigenvalue weighted by Gasteiger charge is -2.08. The van der Waals surface area contributed by atoms with E-state index < -0.39 is 5.82 Å². The summed E-state index contributed by atoms with van der Waals surface area (Å²) in [4.78, 5) is 0. The molecule has 0 spiro atoms. The van der Waals surface area contributed by atoms with Crippen molar-refractivity contribution in [1.82, 2.24) is 0 Å². The maximum Gasteiger partial charge on any atom is 0.142 e. The zero-order chi connectivity index (χ0) is 14.5. The number of oxime groups is 1. The van der Waals surface area contributed by atoms with Crippen molar-refractivity contribution in [3.63, 3.8) is 0 Å². The van der Waals surface area contributed by atoms with Gasteiger partial charge in [0.2, 0.25) is 0 Å². The molecule has 3 nitrogen and oxygen atoms in total. The largest absolute Gasteiger partial charge is 0.489 e. The van der Waals surface area contributed by atoms with E-state index in [1.54, 1.807) is 43.3 Å². The maximum atomic E-state index is 13.3. The van der Waals surface area contributed by atoms with Crippen molar-refractivity contribution in [2.24, 2.45) is 5.16 Å². The molecular formula is C15H13ClFNO2. The van der Waals surface area contributed by atoms with Crippen molar-refractivity contribution in [2.45, 2.75) is 13.5 Å². The van der Waals surface area contributed by atoms with E-state index in [0.29, 0.717) is 17.0 Å². The molecule has 0 heterocycles. The molecule has 0 aliphatic heterocycles. The summed E-state index contributed by atoms with van der Waals surface area (Å²) in [6.45, 7) is 1.88. The average molecular weight is 294 g/mol. The number of hydrogen-bond acceptors (Lipinski definition) is 3. The Balaban J connectivity index is 2.06. The first-order chi connectivity index (χ1) is 9.61. The van der Waals surface area contributed by atoms with Gasteiger partial charge in [-0.25, -0.2) is 4.39 Å². The monoisotopic (exact) mass is 293 g/mol. The maximum absolute atomic E-state index is 13.3. The van der Waals surface area contributed by atoms with Gasteiger partial charge in [-0.05, 0) is 42.8 Å². The molecule has 5 heteroatoms. The quantitative estimate of drug-likeness (QED) is 0.520. The third kappa shape index (κ3) is 3.27. The van der Waals surface area contributed by atoms with Crippen LogP contribution >= 0.6 is 11.6 Å².